The van der Waals surface area contributed by atoms with Crippen LogP contribution in [0.15, 0.2) is 18.2 Å². The summed E-state index contributed by atoms with van der Waals surface area (Å²) in [5.41, 5.74) is 6.93. The molecule has 0 aromatic heterocycles. The fraction of sp³-hybridized carbons (Fsp3) is 0.533. The first kappa shape index (κ1) is 15.7. The number of nitrogen functional groups attached to an aromatic ring is 1. The summed E-state index contributed by atoms with van der Waals surface area (Å²) in [4.78, 5) is 13.4. The van der Waals surface area contributed by atoms with Crippen LogP contribution in [0, 0.1) is 12.8 Å². The predicted molar refractivity (Wildman–Crippen MR) is 74.9 cm³/mol. The van der Waals surface area contributed by atoms with Gasteiger partial charge in [-0.2, -0.15) is 13.2 Å². The lowest BCUT2D eigenvalue weighted by Gasteiger charge is -2.30. The number of anilines is 1. The van der Waals surface area contributed by atoms with Crippen LogP contribution in [-0.2, 0) is 0 Å². The summed E-state index contributed by atoms with van der Waals surface area (Å²) in [6.45, 7) is 2.16. The van der Waals surface area contributed by atoms with Crippen LogP contribution in [-0.4, -0.2) is 29.6 Å². The summed E-state index contributed by atoms with van der Waals surface area (Å²) >= 11 is 0. The summed E-state index contributed by atoms with van der Waals surface area (Å²) in [7, 11) is 0. The summed E-state index contributed by atoms with van der Waals surface area (Å²) in [5.74, 6) is -0.491. The van der Waals surface area contributed by atoms with E-state index in [1.807, 2.05) is 0 Å². The van der Waals surface area contributed by atoms with Crippen molar-refractivity contribution in [2.45, 2.75) is 38.9 Å². The van der Waals surface area contributed by atoms with E-state index in [4.69, 9.17) is 5.73 Å². The summed E-state index contributed by atoms with van der Waals surface area (Å²) in [6.07, 6.45) is -2.68. The third-order valence-corrected chi connectivity index (χ3v) is 3.96. The topological polar surface area (TPSA) is 46.3 Å². The Labute approximate surface area is 121 Å². The van der Waals surface area contributed by atoms with Gasteiger partial charge in [0, 0.05) is 11.7 Å². The first-order chi connectivity index (χ1) is 9.70. The number of amides is 1. The number of hydrogen-bond acceptors (Lipinski definition) is 2. The number of hydrogen-bond donors (Lipinski definition) is 1. The molecule has 21 heavy (non-hydrogen) atoms. The van der Waals surface area contributed by atoms with Crippen molar-refractivity contribution in [2.24, 2.45) is 5.92 Å². The highest BCUT2D eigenvalue weighted by atomic mass is 19.4. The highest BCUT2D eigenvalue weighted by Crippen LogP contribution is 2.37. The minimum atomic E-state index is -4.42. The van der Waals surface area contributed by atoms with Crippen LogP contribution >= 0.6 is 0 Å². The van der Waals surface area contributed by atoms with E-state index >= 15 is 0 Å². The molecule has 1 aromatic rings. The Morgan fingerprint density at radius 3 is 2.57 bits per heavy atom. The van der Waals surface area contributed by atoms with Crippen molar-refractivity contribution in [1.82, 2.24) is 4.90 Å². The van der Waals surface area contributed by atoms with Crippen LogP contribution in [0.4, 0.5) is 18.9 Å². The van der Waals surface area contributed by atoms with Gasteiger partial charge in [-0.1, -0.05) is 12.1 Å². The molecule has 0 spiro atoms. The number of para-hydroxylation sites is 1. The molecular weight excluding hydrogens is 281 g/mol. The smallest absolute Gasteiger partial charge is 0.398 e. The van der Waals surface area contributed by atoms with Gasteiger partial charge in [-0.15, -0.1) is 0 Å². The highest BCUT2D eigenvalue weighted by molar-refractivity contribution is 6.00. The average molecular weight is 300 g/mol. The van der Waals surface area contributed by atoms with Gasteiger partial charge in [-0.25, -0.2) is 0 Å². The summed E-state index contributed by atoms with van der Waals surface area (Å²) < 4.78 is 38.3. The SMILES string of the molecule is Cc1cccc(C(=O)N(CC(F)(F)F)C(C)C2CC2)c1N. The Hall–Kier alpha value is -1.72. The van der Waals surface area contributed by atoms with Crippen molar-refractivity contribution in [3.05, 3.63) is 29.3 Å². The molecule has 0 aliphatic heterocycles. The molecule has 2 rings (SSSR count). The highest BCUT2D eigenvalue weighted by Gasteiger charge is 2.41. The zero-order chi connectivity index (χ0) is 15.8. The second kappa shape index (κ2) is 5.58. The number of aryl methyl sites for hydroxylation is 1. The van der Waals surface area contributed by atoms with Crippen molar-refractivity contribution < 1.29 is 18.0 Å². The van der Waals surface area contributed by atoms with Crippen molar-refractivity contribution in [1.29, 1.82) is 0 Å². The van der Waals surface area contributed by atoms with Crippen LogP contribution in [0.1, 0.15) is 35.7 Å². The van der Waals surface area contributed by atoms with E-state index in [0.29, 0.717) is 5.56 Å². The lowest BCUT2D eigenvalue weighted by atomic mass is 10.1. The van der Waals surface area contributed by atoms with Crippen LogP contribution < -0.4 is 5.73 Å². The quantitative estimate of drug-likeness (QED) is 0.866. The lowest BCUT2D eigenvalue weighted by Crippen LogP contribution is -2.45. The average Bonchev–Trinajstić information content (AvgIpc) is 3.21. The van der Waals surface area contributed by atoms with E-state index in [9.17, 15) is 18.0 Å². The molecule has 0 heterocycles. The van der Waals surface area contributed by atoms with Gasteiger partial charge in [0.15, 0.2) is 0 Å². The van der Waals surface area contributed by atoms with Crippen LogP contribution in [0.5, 0.6) is 0 Å². The Balaban J connectivity index is 2.30. The standard InChI is InChI=1S/C15H19F3N2O/c1-9-4-3-5-12(13(9)19)14(21)20(8-15(16,17)18)10(2)11-6-7-11/h3-5,10-11H,6-8,19H2,1-2H3. The van der Waals surface area contributed by atoms with Crippen molar-refractivity contribution in [3.63, 3.8) is 0 Å². The maximum Gasteiger partial charge on any atom is 0.406 e. The van der Waals surface area contributed by atoms with Gasteiger partial charge < -0.3 is 10.6 Å². The van der Waals surface area contributed by atoms with Gasteiger partial charge in [0.1, 0.15) is 6.54 Å². The minimum Gasteiger partial charge on any atom is -0.398 e. The first-order valence-electron chi connectivity index (χ1n) is 6.93. The van der Waals surface area contributed by atoms with Crippen molar-refractivity contribution in [3.8, 4) is 0 Å². The number of nitrogens with two attached hydrogens (primary N) is 1. The maximum absolute atomic E-state index is 12.8. The second-order valence-electron chi connectivity index (χ2n) is 5.66. The Bertz CT molecular complexity index is 538. The van der Waals surface area contributed by atoms with E-state index < -0.39 is 24.7 Å². The maximum atomic E-state index is 12.8. The third kappa shape index (κ3) is 3.68. The molecule has 2 N–H and O–H groups in total. The molecule has 0 saturated heterocycles. The summed E-state index contributed by atoms with van der Waals surface area (Å²) in [6, 6.07) is 4.41. The summed E-state index contributed by atoms with van der Waals surface area (Å²) in [5, 5.41) is 0. The molecular formula is C15H19F3N2O. The molecule has 1 aliphatic carbocycles. The van der Waals surface area contributed by atoms with E-state index in [-0.39, 0.29) is 17.2 Å². The Morgan fingerprint density at radius 2 is 2.05 bits per heavy atom. The van der Waals surface area contributed by atoms with Crippen molar-refractivity contribution >= 4 is 11.6 Å². The van der Waals surface area contributed by atoms with Crippen molar-refractivity contribution in [2.75, 3.05) is 12.3 Å². The first-order valence-corrected chi connectivity index (χ1v) is 6.93. The molecule has 116 valence electrons. The molecule has 1 aromatic carbocycles. The van der Waals surface area contributed by atoms with Gasteiger partial charge in [0.25, 0.3) is 5.91 Å². The molecule has 1 aliphatic rings. The van der Waals surface area contributed by atoms with Gasteiger partial charge in [0.2, 0.25) is 0 Å². The largest absolute Gasteiger partial charge is 0.406 e. The molecule has 0 bridgehead atoms. The third-order valence-electron chi connectivity index (χ3n) is 3.96. The molecule has 1 fully saturated rings. The number of halogens is 3. The number of nitrogens with zero attached hydrogens (tertiary/aromatic N) is 1. The Kier molecular flexibility index (Phi) is 4.16. The number of carbonyl (C=O) groups excluding carboxylic acids is 1. The molecule has 0 radical (unpaired) electrons. The van der Waals surface area contributed by atoms with E-state index in [1.54, 1.807) is 26.0 Å². The number of rotatable bonds is 4. The molecule has 1 amide bonds. The Morgan fingerprint density at radius 1 is 1.43 bits per heavy atom. The van der Waals surface area contributed by atoms with Crippen LogP contribution in [0.25, 0.3) is 0 Å². The van der Waals surface area contributed by atoms with Gasteiger partial charge in [0.05, 0.1) is 5.56 Å². The van der Waals surface area contributed by atoms with Gasteiger partial charge >= 0.3 is 6.18 Å². The monoisotopic (exact) mass is 300 g/mol. The molecule has 1 saturated carbocycles. The van der Waals surface area contributed by atoms with E-state index in [2.05, 4.69) is 0 Å². The number of benzene rings is 1. The second-order valence-corrected chi connectivity index (χ2v) is 5.66. The number of carbonyl (C=O) groups is 1. The van der Waals surface area contributed by atoms with Gasteiger partial charge in [-0.3, -0.25) is 4.79 Å². The van der Waals surface area contributed by atoms with Crippen LogP contribution in [0.2, 0.25) is 0 Å². The molecule has 1 unspecified atom stereocenters. The zero-order valence-electron chi connectivity index (χ0n) is 12.1. The van der Waals surface area contributed by atoms with Gasteiger partial charge in [-0.05, 0) is 44.2 Å². The normalized spacial score (nSPS) is 16.6. The lowest BCUT2D eigenvalue weighted by molar-refractivity contribution is -0.144. The minimum absolute atomic E-state index is 0.145. The van der Waals surface area contributed by atoms with E-state index in [1.165, 1.54) is 6.07 Å². The molecule has 6 heteroatoms. The fourth-order valence-corrected chi connectivity index (χ4v) is 2.45. The van der Waals surface area contributed by atoms with Crippen LogP contribution in [0.3, 0.4) is 0 Å². The zero-order valence-corrected chi connectivity index (χ0v) is 12.1. The molecule has 1 atom stereocenters. The predicted octanol–water partition coefficient (Wildman–Crippen LogP) is 3.38. The fourth-order valence-electron chi connectivity index (χ4n) is 2.45. The van der Waals surface area contributed by atoms with E-state index in [0.717, 1.165) is 17.7 Å². The molecule has 3 nitrogen and oxygen atoms in total. The number of alkyl halides is 3.